The van der Waals surface area contributed by atoms with Crippen LogP contribution in [0.25, 0.3) is 0 Å². The van der Waals surface area contributed by atoms with Gasteiger partial charge in [-0.15, -0.1) is 0 Å². The lowest BCUT2D eigenvalue weighted by Crippen LogP contribution is -2.51. The van der Waals surface area contributed by atoms with E-state index in [0.717, 1.165) is 0 Å². The minimum absolute atomic E-state index is 0.194. The predicted octanol–water partition coefficient (Wildman–Crippen LogP) is 1.09. The van der Waals surface area contributed by atoms with E-state index in [0.29, 0.717) is 18.8 Å². The quantitative estimate of drug-likeness (QED) is 0.681. The lowest BCUT2D eigenvalue weighted by atomic mass is 10.2. The summed E-state index contributed by atoms with van der Waals surface area (Å²) < 4.78 is 35.2. The van der Waals surface area contributed by atoms with Crippen LogP contribution in [-0.4, -0.2) is 45.7 Å². The van der Waals surface area contributed by atoms with E-state index in [1.165, 1.54) is 0 Å². The summed E-state index contributed by atoms with van der Waals surface area (Å²) in [5.41, 5.74) is 0. The van der Waals surface area contributed by atoms with Crippen LogP contribution in [0.1, 0.15) is 13.8 Å². The summed E-state index contributed by atoms with van der Waals surface area (Å²) in [5, 5.41) is 0. The van der Waals surface area contributed by atoms with Gasteiger partial charge in [-0.2, -0.15) is 0 Å². The third kappa shape index (κ3) is 2.98. The monoisotopic (exact) mass is 211 g/mol. The molecule has 1 saturated heterocycles. The Morgan fingerprint density at radius 2 is 2.15 bits per heavy atom. The van der Waals surface area contributed by atoms with Crippen molar-refractivity contribution in [1.29, 1.82) is 0 Å². The van der Waals surface area contributed by atoms with E-state index in [9.17, 15) is 13.0 Å². The number of hydrogen-bond acceptors (Lipinski definition) is 2. The molecule has 1 unspecified atom stereocenters. The summed E-state index contributed by atoms with van der Waals surface area (Å²) in [7, 11) is -0.873. The molecular weight excluding hydrogens is 196 g/mol. The molecule has 1 heterocycles. The van der Waals surface area contributed by atoms with Gasteiger partial charge >= 0.3 is 0 Å². The Balaban J connectivity index is 2.51. The molecular formula is C8H15F2NOS. The maximum Gasteiger partial charge on any atom is 0.251 e. The summed E-state index contributed by atoms with van der Waals surface area (Å²) in [5.74, 6) is 0.514. The van der Waals surface area contributed by atoms with Crippen molar-refractivity contribution in [3.05, 3.63) is 0 Å². The smallest absolute Gasteiger partial charge is 0.251 e. The first-order valence-electron chi connectivity index (χ1n) is 4.31. The summed E-state index contributed by atoms with van der Waals surface area (Å²) in [6, 6.07) is 0. The van der Waals surface area contributed by atoms with Gasteiger partial charge in [0.1, 0.15) is 0 Å². The maximum absolute atomic E-state index is 12.1. The Labute approximate surface area is 79.8 Å². The molecule has 0 aromatic carbocycles. The van der Waals surface area contributed by atoms with E-state index in [1.807, 2.05) is 13.8 Å². The summed E-state index contributed by atoms with van der Waals surface area (Å²) in [6.45, 7) is 4.56. The van der Waals surface area contributed by atoms with Crippen LogP contribution in [0.3, 0.4) is 0 Å². The number of nitrogens with zero attached hydrogens (tertiary/aromatic N) is 1. The minimum Gasteiger partial charge on any atom is -0.295 e. The van der Waals surface area contributed by atoms with Gasteiger partial charge in [0.2, 0.25) is 0 Å². The van der Waals surface area contributed by atoms with Crippen LogP contribution in [0.15, 0.2) is 0 Å². The number of alkyl halides is 2. The van der Waals surface area contributed by atoms with Gasteiger partial charge in [-0.3, -0.25) is 9.11 Å². The van der Waals surface area contributed by atoms with Crippen molar-refractivity contribution in [1.82, 2.24) is 4.90 Å². The van der Waals surface area contributed by atoms with Gasteiger partial charge in [-0.25, -0.2) is 8.78 Å². The van der Waals surface area contributed by atoms with Crippen LogP contribution in [0.4, 0.5) is 8.78 Å². The van der Waals surface area contributed by atoms with E-state index in [2.05, 4.69) is 0 Å². The summed E-state index contributed by atoms with van der Waals surface area (Å²) in [4.78, 5) is 1.69. The average molecular weight is 211 g/mol. The fraction of sp³-hybridized carbons (Fsp3) is 1.00. The molecule has 0 aromatic rings. The number of hydrogen-bond donors (Lipinski definition) is 0. The fourth-order valence-electron chi connectivity index (χ4n) is 1.53. The zero-order chi connectivity index (χ0) is 10.1. The highest BCUT2D eigenvalue weighted by molar-refractivity contribution is 7.86. The first-order chi connectivity index (χ1) is 5.92. The molecule has 0 amide bonds. The van der Waals surface area contributed by atoms with Gasteiger partial charge in [0.25, 0.3) is 6.43 Å². The molecule has 1 aliphatic heterocycles. The molecule has 13 heavy (non-hydrogen) atoms. The molecule has 1 fully saturated rings. The Hall–Kier alpha value is -0.0300. The van der Waals surface area contributed by atoms with E-state index in [1.54, 1.807) is 4.90 Å². The van der Waals surface area contributed by atoms with Crippen molar-refractivity contribution < 1.29 is 13.0 Å². The van der Waals surface area contributed by atoms with E-state index >= 15 is 0 Å². The molecule has 0 radical (unpaired) electrons. The van der Waals surface area contributed by atoms with Crippen molar-refractivity contribution in [3.8, 4) is 0 Å². The zero-order valence-electron chi connectivity index (χ0n) is 7.93. The molecule has 0 aromatic heterocycles. The van der Waals surface area contributed by atoms with Gasteiger partial charge in [0.15, 0.2) is 0 Å². The van der Waals surface area contributed by atoms with Crippen molar-refractivity contribution in [3.63, 3.8) is 0 Å². The molecule has 0 bridgehead atoms. The highest BCUT2D eigenvalue weighted by Crippen LogP contribution is 2.20. The molecule has 1 aliphatic rings. The van der Waals surface area contributed by atoms with Crippen LogP contribution in [0, 0.1) is 0 Å². The Kier molecular flexibility index (Phi) is 3.40. The highest BCUT2D eigenvalue weighted by atomic mass is 32.2. The first kappa shape index (κ1) is 11.0. The predicted molar refractivity (Wildman–Crippen MR) is 49.5 cm³/mol. The Morgan fingerprint density at radius 3 is 2.62 bits per heavy atom. The molecule has 1 rings (SSSR count). The van der Waals surface area contributed by atoms with Gasteiger partial charge in [0, 0.05) is 29.6 Å². The lowest BCUT2D eigenvalue weighted by molar-refractivity contribution is 0.0853. The minimum atomic E-state index is -2.29. The number of halogens is 2. The molecule has 78 valence electrons. The Morgan fingerprint density at radius 1 is 1.54 bits per heavy atom. The average Bonchev–Trinajstić information content (AvgIpc) is 1.95. The first-order valence-corrected chi connectivity index (χ1v) is 5.63. The van der Waals surface area contributed by atoms with Crippen LogP contribution in [0.5, 0.6) is 0 Å². The molecule has 0 N–H and O–H groups in total. The largest absolute Gasteiger partial charge is 0.295 e. The summed E-state index contributed by atoms with van der Waals surface area (Å²) in [6.07, 6.45) is -2.29. The molecule has 0 saturated carbocycles. The van der Waals surface area contributed by atoms with Gasteiger partial charge < -0.3 is 0 Å². The van der Waals surface area contributed by atoms with Crippen LogP contribution in [0.2, 0.25) is 0 Å². The lowest BCUT2D eigenvalue weighted by Gasteiger charge is -2.36. The summed E-state index contributed by atoms with van der Waals surface area (Å²) >= 11 is 0. The van der Waals surface area contributed by atoms with Crippen LogP contribution >= 0.6 is 0 Å². The van der Waals surface area contributed by atoms with Gasteiger partial charge in [-0.1, -0.05) is 0 Å². The molecule has 0 aliphatic carbocycles. The fourth-order valence-corrected chi connectivity index (χ4v) is 2.83. The van der Waals surface area contributed by atoms with Crippen molar-refractivity contribution in [2.24, 2.45) is 0 Å². The van der Waals surface area contributed by atoms with Crippen molar-refractivity contribution in [2.45, 2.75) is 25.0 Å². The molecule has 1 atom stereocenters. The second kappa shape index (κ2) is 4.00. The third-order valence-electron chi connectivity index (χ3n) is 2.21. The second-order valence-electron chi connectivity index (χ2n) is 3.94. The molecule has 0 spiro atoms. The van der Waals surface area contributed by atoms with Gasteiger partial charge in [0.05, 0.1) is 11.3 Å². The molecule has 2 nitrogen and oxygen atoms in total. The second-order valence-corrected chi connectivity index (χ2v) is 6.14. The van der Waals surface area contributed by atoms with Crippen molar-refractivity contribution in [2.75, 3.05) is 25.4 Å². The van der Waals surface area contributed by atoms with Crippen molar-refractivity contribution >= 4 is 10.8 Å². The molecule has 5 heteroatoms. The van der Waals surface area contributed by atoms with Crippen LogP contribution < -0.4 is 0 Å². The van der Waals surface area contributed by atoms with E-state index in [4.69, 9.17) is 0 Å². The topological polar surface area (TPSA) is 20.3 Å². The number of rotatable bonds is 2. The van der Waals surface area contributed by atoms with E-state index < -0.39 is 17.2 Å². The third-order valence-corrected chi connectivity index (χ3v) is 4.12. The standard InChI is InChI=1S/C8H15F2NOS/c1-8(2)6-11(5-7(9)10)3-4-13(8)12/h7H,3-6H2,1-2H3. The zero-order valence-corrected chi connectivity index (χ0v) is 8.74. The Bertz CT molecular complexity index is 208. The SMILES string of the molecule is CC1(C)CN(CC(F)F)CCS1=O. The highest BCUT2D eigenvalue weighted by Gasteiger charge is 2.33. The van der Waals surface area contributed by atoms with Crippen LogP contribution in [-0.2, 0) is 10.8 Å². The van der Waals surface area contributed by atoms with E-state index in [-0.39, 0.29) is 11.3 Å². The maximum atomic E-state index is 12.1. The van der Waals surface area contributed by atoms with Gasteiger partial charge in [-0.05, 0) is 13.8 Å². The normalized spacial score (nSPS) is 29.5.